The molecule has 4 nitrogen and oxygen atoms in total. The molecule has 1 atom stereocenters. The third-order valence-electron chi connectivity index (χ3n) is 4.17. The van der Waals surface area contributed by atoms with Crippen molar-refractivity contribution < 1.29 is 13.9 Å². The van der Waals surface area contributed by atoms with Gasteiger partial charge in [-0.25, -0.2) is 4.39 Å². The Labute approximate surface area is 151 Å². The van der Waals surface area contributed by atoms with Crippen LogP contribution in [0.5, 0.6) is 5.75 Å². The molecular weight excluding hydrogens is 343 g/mol. The Morgan fingerprint density at radius 1 is 1.24 bits per heavy atom. The van der Waals surface area contributed by atoms with Crippen LogP contribution in [0.15, 0.2) is 42.5 Å². The summed E-state index contributed by atoms with van der Waals surface area (Å²) in [5.74, 6) is -0.269. The van der Waals surface area contributed by atoms with Crippen LogP contribution in [-0.2, 0) is 4.79 Å². The molecule has 1 saturated heterocycles. The summed E-state index contributed by atoms with van der Waals surface area (Å²) in [7, 11) is 0. The molecule has 25 heavy (non-hydrogen) atoms. The fraction of sp³-hybridized carbons (Fsp3) is 0.316. The van der Waals surface area contributed by atoms with Gasteiger partial charge in [0.15, 0.2) is 6.10 Å². The lowest BCUT2D eigenvalue weighted by atomic mass is 10.2. The maximum Gasteiger partial charge on any atom is 0.265 e. The van der Waals surface area contributed by atoms with E-state index in [-0.39, 0.29) is 11.7 Å². The number of nitrogens with one attached hydrogen (secondary N) is 1. The van der Waals surface area contributed by atoms with Crippen LogP contribution in [0.2, 0.25) is 5.02 Å². The molecule has 0 aliphatic carbocycles. The van der Waals surface area contributed by atoms with E-state index in [9.17, 15) is 9.18 Å². The zero-order valence-electron chi connectivity index (χ0n) is 14.0. The molecule has 0 aromatic heterocycles. The lowest BCUT2D eigenvalue weighted by molar-refractivity contribution is -0.122. The van der Waals surface area contributed by atoms with Gasteiger partial charge in [0.05, 0.1) is 10.7 Å². The van der Waals surface area contributed by atoms with E-state index >= 15 is 0 Å². The highest BCUT2D eigenvalue weighted by Crippen LogP contribution is 2.27. The van der Waals surface area contributed by atoms with Gasteiger partial charge in [-0.1, -0.05) is 23.7 Å². The zero-order chi connectivity index (χ0) is 17.8. The van der Waals surface area contributed by atoms with Crippen molar-refractivity contribution in [2.45, 2.75) is 25.9 Å². The van der Waals surface area contributed by atoms with Gasteiger partial charge in [0.1, 0.15) is 11.6 Å². The summed E-state index contributed by atoms with van der Waals surface area (Å²) in [4.78, 5) is 14.3. The van der Waals surface area contributed by atoms with E-state index < -0.39 is 6.10 Å². The Kier molecular flexibility index (Phi) is 5.43. The quantitative estimate of drug-likeness (QED) is 0.852. The zero-order valence-corrected chi connectivity index (χ0v) is 14.7. The first-order valence-corrected chi connectivity index (χ1v) is 8.69. The van der Waals surface area contributed by atoms with Crippen molar-refractivity contribution in [1.82, 2.24) is 0 Å². The topological polar surface area (TPSA) is 41.6 Å². The molecule has 3 rings (SSSR count). The number of amides is 1. The Morgan fingerprint density at radius 2 is 1.96 bits per heavy atom. The van der Waals surface area contributed by atoms with Crippen LogP contribution in [0.1, 0.15) is 19.8 Å². The van der Waals surface area contributed by atoms with Crippen molar-refractivity contribution in [1.29, 1.82) is 0 Å². The number of anilines is 2. The molecule has 1 unspecified atom stereocenters. The number of para-hydroxylation sites is 1. The Morgan fingerprint density at radius 3 is 2.64 bits per heavy atom. The smallest absolute Gasteiger partial charge is 0.265 e. The second-order valence-corrected chi connectivity index (χ2v) is 6.45. The summed E-state index contributed by atoms with van der Waals surface area (Å²) in [6, 6.07) is 11.7. The number of nitrogens with zero attached hydrogens (tertiary/aromatic N) is 1. The van der Waals surface area contributed by atoms with Crippen molar-refractivity contribution in [3.8, 4) is 5.75 Å². The highest BCUT2D eigenvalue weighted by atomic mass is 35.5. The second-order valence-electron chi connectivity index (χ2n) is 6.04. The second kappa shape index (κ2) is 7.74. The summed E-state index contributed by atoms with van der Waals surface area (Å²) in [5, 5.41) is 3.11. The Balaban J connectivity index is 1.64. The van der Waals surface area contributed by atoms with Crippen LogP contribution < -0.4 is 15.0 Å². The molecule has 1 amide bonds. The number of hydrogen-bond acceptors (Lipinski definition) is 3. The SMILES string of the molecule is CC(Oc1ccccc1Cl)C(=O)Nc1ccc(N2CCCC2)c(F)c1. The van der Waals surface area contributed by atoms with Gasteiger partial charge in [0.25, 0.3) is 5.91 Å². The summed E-state index contributed by atoms with van der Waals surface area (Å²) in [6.45, 7) is 3.35. The maximum atomic E-state index is 14.3. The van der Waals surface area contributed by atoms with Crippen LogP contribution in [-0.4, -0.2) is 25.1 Å². The first-order chi connectivity index (χ1) is 12.0. The van der Waals surface area contributed by atoms with Crippen LogP contribution in [0.3, 0.4) is 0 Å². The molecule has 0 spiro atoms. The van der Waals surface area contributed by atoms with Crippen molar-refractivity contribution in [2.75, 3.05) is 23.3 Å². The van der Waals surface area contributed by atoms with Crippen LogP contribution in [0.25, 0.3) is 0 Å². The van der Waals surface area contributed by atoms with E-state index in [4.69, 9.17) is 16.3 Å². The fourth-order valence-electron chi connectivity index (χ4n) is 2.83. The maximum absolute atomic E-state index is 14.3. The Hall–Kier alpha value is -2.27. The number of benzene rings is 2. The van der Waals surface area contributed by atoms with Crippen LogP contribution in [0, 0.1) is 5.82 Å². The van der Waals surface area contributed by atoms with E-state index in [1.165, 1.54) is 6.07 Å². The highest BCUT2D eigenvalue weighted by molar-refractivity contribution is 6.32. The normalized spacial score (nSPS) is 15.1. The van der Waals surface area contributed by atoms with E-state index in [0.717, 1.165) is 25.9 Å². The molecule has 1 fully saturated rings. The molecule has 0 radical (unpaired) electrons. The number of carbonyl (C=O) groups excluding carboxylic acids is 1. The first-order valence-electron chi connectivity index (χ1n) is 8.31. The third kappa shape index (κ3) is 4.23. The minimum absolute atomic E-state index is 0.334. The van der Waals surface area contributed by atoms with Gasteiger partial charge < -0.3 is 15.0 Å². The molecule has 2 aromatic rings. The average Bonchev–Trinajstić information content (AvgIpc) is 3.11. The van der Waals surface area contributed by atoms with E-state index in [1.54, 1.807) is 43.3 Å². The van der Waals surface area contributed by atoms with Gasteiger partial charge in [-0.15, -0.1) is 0 Å². The summed E-state index contributed by atoms with van der Waals surface area (Å²) in [6.07, 6.45) is 1.39. The number of halogens is 2. The predicted octanol–water partition coefficient (Wildman–Crippen LogP) is 4.49. The molecule has 2 aromatic carbocycles. The van der Waals surface area contributed by atoms with Crippen LogP contribution >= 0.6 is 11.6 Å². The lowest BCUT2D eigenvalue weighted by Crippen LogP contribution is -2.30. The lowest BCUT2D eigenvalue weighted by Gasteiger charge is -2.19. The summed E-state index contributed by atoms with van der Waals surface area (Å²) >= 11 is 6.02. The molecule has 1 aliphatic rings. The summed E-state index contributed by atoms with van der Waals surface area (Å²) in [5.41, 5.74) is 0.982. The predicted molar refractivity (Wildman–Crippen MR) is 98.0 cm³/mol. The average molecular weight is 363 g/mol. The minimum Gasteiger partial charge on any atom is -0.479 e. The molecule has 1 N–H and O–H groups in total. The number of rotatable bonds is 5. The van der Waals surface area contributed by atoms with Crippen LogP contribution in [0.4, 0.5) is 15.8 Å². The number of ether oxygens (including phenoxy) is 1. The van der Waals surface area contributed by atoms with Gasteiger partial charge in [-0.05, 0) is 50.1 Å². The molecule has 132 valence electrons. The van der Waals surface area contributed by atoms with Crippen molar-refractivity contribution in [3.63, 3.8) is 0 Å². The van der Waals surface area contributed by atoms with E-state index in [2.05, 4.69) is 5.32 Å². The third-order valence-corrected chi connectivity index (χ3v) is 4.48. The van der Waals surface area contributed by atoms with Gasteiger partial charge in [0, 0.05) is 18.8 Å². The Bertz CT molecular complexity index is 763. The van der Waals surface area contributed by atoms with Crippen molar-refractivity contribution >= 4 is 28.9 Å². The molecule has 0 bridgehead atoms. The standard InChI is InChI=1S/C19H20ClFN2O2/c1-13(25-18-7-3-2-6-15(18)20)19(24)22-14-8-9-17(16(21)12-14)23-10-4-5-11-23/h2-3,6-9,12-13H,4-5,10-11H2,1H3,(H,22,24). The van der Waals surface area contributed by atoms with Gasteiger partial charge in [-0.2, -0.15) is 0 Å². The molecular formula is C19H20ClFN2O2. The number of carbonyl (C=O) groups is 1. The first kappa shape index (κ1) is 17.5. The van der Waals surface area contributed by atoms with Gasteiger partial charge in [0.2, 0.25) is 0 Å². The molecule has 1 aliphatic heterocycles. The fourth-order valence-corrected chi connectivity index (χ4v) is 3.01. The largest absolute Gasteiger partial charge is 0.479 e. The summed E-state index contributed by atoms with van der Waals surface area (Å²) < 4.78 is 19.9. The minimum atomic E-state index is -0.763. The van der Waals surface area contributed by atoms with Gasteiger partial charge >= 0.3 is 0 Å². The molecule has 6 heteroatoms. The van der Waals surface area contributed by atoms with Crippen molar-refractivity contribution in [2.24, 2.45) is 0 Å². The van der Waals surface area contributed by atoms with E-state index in [0.29, 0.717) is 22.1 Å². The highest BCUT2D eigenvalue weighted by Gasteiger charge is 2.19. The van der Waals surface area contributed by atoms with Crippen molar-refractivity contribution in [3.05, 3.63) is 53.3 Å². The monoisotopic (exact) mass is 362 g/mol. The molecule has 0 saturated carbocycles. The molecule has 1 heterocycles. The number of hydrogen-bond donors (Lipinski definition) is 1. The van der Waals surface area contributed by atoms with Gasteiger partial charge in [-0.3, -0.25) is 4.79 Å². The van der Waals surface area contributed by atoms with E-state index in [1.807, 2.05) is 4.90 Å².